The minimum absolute atomic E-state index is 0. The third-order valence-corrected chi connectivity index (χ3v) is 1.53. The summed E-state index contributed by atoms with van der Waals surface area (Å²) in [6.45, 7) is 0. The predicted octanol–water partition coefficient (Wildman–Crippen LogP) is -1.29. The Morgan fingerprint density at radius 3 is 2.33 bits per heavy atom. The van der Waals surface area contributed by atoms with E-state index >= 15 is 0 Å². The van der Waals surface area contributed by atoms with Gasteiger partial charge in [-0.1, -0.05) is 36.4 Å². The number of hydrogen-bond donors (Lipinski definition) is 0. The van der Waals surface area contributed by atoms with Gasteiger partial charge < -0.3 is 10.2 Å². The molecule has 1 heterocycles. The van der Waals surface area contributed by atoms with Crippen molar-refractivity contribution in [1.82, 2.24) is 10.2 Å². The van der Waals surface area contributed by atoms with E-state index in [2.05, 4.69) is 10.2 Å². The van der Waals surface area contributed by atoms with E-state index in [0.29, 0.717) is 0 Å². The molecule has 12 heavy (non-hydrogen) atoms. The molecule has 2 rings (SSSR count). The zero-order valence-electron chi connectivity index (χ0n) is 6.94. The van der Waals surface area contributed by atoms with Crippen molar-refractivity contribution in [2.45, 2.75) is 0 Å². The van der Waals surface area contributed by atoms with Gasteiger partial charge in [-0.25, -0.2) is 0 Å². The summed E-state index contributed by atoms with van der Waals surface area (Å²) in [5.74, 6) is 0. The Morgan fingerprint density at radius 2 is 1.75 bits per heavy atom. The van der Waals surface area contributed by atoms with Gasteiger partial charge >= 0.3 is 51.4 Å². The molecule has 0 amide bonds. The van der Waals surface area contributed by atoms with Crippen LogP contribution in [0, 0.1) is 0 Å². The molecule has 0 fully saturated rings. The Morgan fingerprint density at radius 1 is 1.00 bits per heavy atom. The van der Waals surface area contributed by atoms with Crippen molar-refractivity contribution >= 4 is 0 Å². The second-order valence-electron chi connectivity index (χ2n) is 2.28. The van der Waals surface area contributed by atoms with Gasteiger partial charge in [0, 0.05) is 5.69 Å². The van der Waals surface area contributed by atoms with Crippen LogP contribution >= 0.6 is 0 Å². The normalized spacial score (nSPS) is 9.00. The van der Waals surface area contributed by atoms with Crippen LogP contribution in [-0.4, -0.2) is 5.10 Å². The van der Waals surface area contributed by atoms with Crippen LogP contribution in [0.15, 0.2) is 42.6 Å². The molecule has 0 aliphatic heterocycles. The summed E-state index contributed by atoms with van der Waals surface area (Å²) in [5, 5.41) is 7.69. The molecule has 0 radical (unpaired) electrons. The van der Waals surface area contributed by atoms with Crippen molar-refractivity contribution in [3.05, 3.63) is 42.6 Å². The topological polar surface area (TPSA) is 27.0 Å². The maximum atomic E-state index is 3.94. The minimum Gasteiger partial charge on any atom is -0.581 e. The molecular weight excluding hydrogens is 175 g/mol. The smallest absolute Gasteiger partial charge is 0.581 e. The molecule has 0 atom stereocenters. The summed E-state index contributed by atoms with van der Waals surface area (Å²) >= 11 is 0. The van der Waals surface area contributed by atoms with Crippen molar-refractivity contribution in [2.75, 3.05) is 0 Å². The first-order valence-corrected chi connectivity index (χ1v) is 3.46. The zero-order chi connectivity index (χ0) is 7.52. The SMILES string of the molecule is [K+].c1ccc(-c2cc[n-]n2)cc1. The van der Waals surface area contributed by atoms with E-state index in [9.17, 15) is 0 Å². The van der Waals surface area contributed by atoms with Gasteiger partial charge in [0.25, 0.3) is 0 Å². The Kier molecular flexibility index (Phi) is 4.18. The van der Waals surface area contributed by atoms with E-state index < -0.39 is 0 Å². The minimum atomic E-state index is 0. The number of aromatic nitrogens is 2. The van der Waals surface area contributed by atoms with Crippen LogP contribution in [-0.2, 0) is 0 Å². The fourth-order valence-corrected chi connectivity index (χ4v) is 0.996. The van der Waals surface area contributed by atoms with Crippen molar-refractivity contribution in [2.24, 2.45) is 0 Å². The third kappa shape index (κ3) is 2.28. The van der Waals surface area contributed by atoms with Gasteiger partial charge in [0.15, 0.2) is 0 Å². The molecule has 0 saturated carbocycles. The van der Waals surface area contributed by atoms with Crippen LogP contribution in [0.5, 0.6) is 0 Å². The molecule has 1 aromatic heterocycles. The van der Waals surface area contributed by atoms with E-state index in [-0.39, 0.29) is 51.4 Å². The van der Waals surface area contributed by atoms with E-state index in [1.54, 1.807) is 6.20 Å². The van der Waals surface area contributed by atoms with E-state index in [4.69, 9.17) is 0 Å². The van der Waals surface area contributed by atoms with Crippen LogP contribution in [0.4, 0.5) is 0 Å². The predicted molar refractivity (Wildman–Crippen MR) is 43.0 cm³/mol. The van der Waals surface area contributed by atoms with Crippen molar-refractivity contribution in [3.8, 4) is 11.3 Å². The van der Waals surface area contributed by atoms with Gasteiger partial charge in [0.05, 0.1) is 0 Å². The summed E-state index contributed by atoms with van der Waals surface area (Å²) in [6, 6.07) is 11.9. The fraction of sp³-hybridized carbons (Fsp3) is 0. The Labute approximate surface area is 114 Å². The molecule has 54 valence electrons. The molecular formula is C9H7KN2. The molecule has 0 aliphatic rings. The number of hydrogen-bond acceptors (Lipinski definition) is 1. The molecule has 0 saturated heterocycles. The maximum Gasteiger partial charge on any atom is 1.00 e. The van der Waals surface area contributed by atoms with Crippen LogP contribution in [0.3, 0.4) is 0 Å². The van der Waals surface area contributed by atoms with Crippen molar-refractivity contribution < 1.29 is 51.4 Å². The summed E-state index contributed by atoms with van der Waals surface area (Å²) < 4.78 is 0. The number of benzene rings is 1. The van der Waals surface area contributed by atoms with Gasteiger partial charge in [0.2, 0.25) is 0 Å². The van der Waals surface area contributed by atoms with Gasteiger partial charge in [-0.15, -0.1) is 0 Å². The molecule has 0 bridgehead atoms. The first-order valence-electron chi connectivity index (χ1n) is 3.46. The van der Waals surface area contributed by atoms with Crippen LogP contribution in [0.2, 0.25) is 0 Å². The largest absolute Gasteiger partial charge is 1.00 e. The zero-order valence-corrected chi connectivity index (χ0v) is 10.1. The molecule has 0 unspecified atom stereocenters. The van der Waals surface area contributed by atoms with Crippen LogP contribution in [0.1, 0.15) is 0 Å². The van der Waals surface area contributed by atoms with E-state index in [1.165, 1.54) is 0 Å². The summed E-state index contributed by atoms with van der Waals surface area (Å²) in [6.07, 6.45) is 1.70. The van der Waals surface area contributed by atoms with Gasteiger partial charge in [-0.2, -0.15) is 6.20 Å². The molecule has 0 N–H and O–H groups in total. The average Bonchev–Trinajstić information content (AvgIpc) is 2.58. The molecule has 0 spiro atoms. The molecule has 1 aromatic carbocycles. The maximum absolute atomic E-state index is 3.94. The average molecular weight is 182 g/mol. The second kappa shape index (κ2) is 4.94. The Bertz CT molecular complexity index is 316. The standard InChI is InChI=1S/C9H7N2.K/c1-2-4-8(5-3-1)9-6-7-10-11-9;/h1-7H;/q-1;+1. The fourth-order valence-electron chi connectivity index (χ4n) is 0.996. The molecule has 2 nitrogen and oxygen atoms in total. The Hall–Kier alpha value is 0.0664. The van der Waals surface area contributed by atoms with E-state index in [0.717, 1.165) is 11.3 Å². The van der Waals surface area contributed by atoms with Gasteiger partial charge in [-0.05, 0) is 5.56 Å². The first-order chi connectivity index (χ1) is 5.47. The van der Waals surface area contributed by atoms with Gasteiger partial charge in [0.1, 0.15) is 0 Å². The number of rotatable bonds is 1. The van der Waals surface area contributed by atoms with Crippen molar-refractivity contribution in [3.63, 3.8) is 0 Å². The summed E-state index contributed by atoms with van der Waals surface area (Å²) in [7, 11) is 0. The Balaban J connectivity index is 0.000000720. The monoisotopic (exact) mass is 182 g/mol. The number of nitrogens with zero attached hydrogens (tertiary/aromatic N) is 2. The van der Waals surface area contributed by atoms with Gasteiger partial charge in [-0.3, -0.25) is 0 Å². The van der Waals surface area contributed by atoms with E-state index in [1.807, 2.05) is 36.4 Å². The quantitative estimate of drug-likeness (QED) is 0.513. The molecule has 0 aliphatic carbocycles. The second-order valence-corrected chi connectivity index (χ2v) is 2.28. The van der Waals surface area contributed by atoms with Crippen LogP contribution < -0.4 is 56.5 Å². The third-order valence-electron chi connectivity index (χ3n) is 1.53. The summed E-state index contributed by atoms with van der Waals surface area (Å²) in [5.41, 5.74) is 2.05. The summed E-state index contributed by atoms with van der Waals surface area (Å²) in [4.78, 5) is 0. The molecule has 2 aromatic rings. The first kappa shape index (κ1) is 10.1. The molecule has 3 heteroatoms. The van der Waals surface area contributed by atoms with Crippen molar-refractivity contribution in [1.29, 1.82) is 0 Å². The van der Waals surface area contributed by atoms with Crippen LogP contribution in [0.25, 0.3) is 11.3 Å².